The van der Waals surface area contributed by atoms with Gasteiger partial charge >= 0.3 is 6.09 Å². The zero-order chi connectivity index (χ0) is 21.7. The summed E-state index contributed by atoms with van der Waals surface area (Å²) in [7, 11) is -1.53. The molecule has 0 radical (unpaired) electrons. The molecule has 1 aliphatic heterocycles. The van der Waals surface area contributed by atoms with Gasteiger partial charge in [-0.3, -0.25) is 4.90 Å². The molecular formula is C19H28ClN5O5S. The number of carbonyl (C=O) groups is 1. The van der Waals surface area contributed by atoms with Gasteiger partial charge in [-0.1, -0.05) is 17.3 Å². The molecule has 1 aliphatic rings. The Balaban J connectivity index is 0.00000341. The summed E-state index contributed by atoms with van der Waals surface area (Å²) in [6.07, 6.45) is 1.91. The van der Waals surface area contributed by atoms with Crippen LogP contribution in [-0.4, -0.2) is 75.1 Å². The highest BCUT2D eigenvalue weighted by atomic mass is 35.5. The Kier molecular flexibility index (Phi) is 8.80. The van der Waals surface area contributed by atoms with Crippen molar-refractivity contribution in [1.82, 2.24) is 19.8 Å². The second kappa shape index (κ2) is 10.9. The van der Waals surface area contributed by atoms with Gasteiger partial charge in [-0.2, -0.15) is 4.98 Å². The number of hydrogen-bond donors (Lipinski definition) is 1. The van der Waals surface area contributed by atoms with E-state index < -0.39 is 16.1 Å². The maximum Gasteiger partial charge on any atom is 0.414 e. The Morgan fingerprint density at radius 2 is 2.00 bits per heavy atom. The maximum atomic E-state index is 12.7. The van der Waals surface area contributed by atoms with Crippen LogP contribution in [0, 0.1) is 6.92 Å². The van der Waals surface area contributed by atoms with Gasteiger partial charge in [0.15, 0.2) is 5.82 Å². The number of aryl methyl sites for hydroxylation is 1. The molecule has 0 unspecified atom stereocenters. The Morgan fingerprint density at radius 3 is 2.61 bits per heavy atom. The Bertz CT molecular complexity index is 976. The monoisotopic (exact) mass is 473 g/mol. The quantitative estimate of drug-likeness (QED) is 0.649. The lowest BCUT2D eigenvalue weighted by Crippen LogP contribution is -2.42. The highest BCUT2D eigenvalue weighted by molar-refractivity contribution is 7.88. The highest BCUT2D eigenvalue weighted by Gasteiger charge is 2.25. The summed E-state index contributed by atoms with van der Waals surface area (Å²) in [5, 5.41) is 3.81. The first-order chi connectivity index (χ1) is 14.2. The molecule has 2 aromatic rings. The van der Waals surface area contributed by atoms with E-state index in [4.69, 9.17) is 9.26 Å². The smallest absolute Gasteiger partial charge is 0.414 e. The number of amides is 1. The number of nitrogens with one attached hydrogen (secondary N) is 1. The maximum absolute atomic E-state index is 12.7. The number of piperidine rings is 1. The molecule has 1 saturated heterocycles. The van der Waals surface area contributed by atoms with E-state index in [1.807, 2.05) is 18.2 Å². The van der Waals surface area contributed by atoms with Gasteiger partial charge in [-0.05, 0) is 31.9 Å². The molecule has 0 aliphatic carbocycles. The van der Waals surface area contributed by atoms with Crippen molar-refractivity contribution in [2.75, 3.05) is 44.4 Å². The van der Waals surface area contributed by atoms with Crippen molar-refractivity contribution in [2.45, 2.75) is 25.9 Å². The van der Waals surface area contributed by atoms with E-state index in [2.05, 4.69) is 19.8 Å². The number of aromatic nitrogens is 2. The topological polar surface area (TPSA) is 118 Å². The Labute approximate surface area is 188 Å². The van der Waals surface area contributed by atoms with E-state index in [-0.39, 0.29) is 18.5 Å². The standard InChI is InChI=1S/C19H27N5O5S.ClH/c1-14-21-18(29-22-14)16-6-4-5-7-17(16)23(2)19(25)28-15-8-11-24(12-9-15)13-10-20-30(3,26)27;/h4-7,15,20H,8-13H2,1-3H3;1H. The Hall–Kier alpha value is -2.21. The molecule has 2 heterocycles. The highest BCUT2D eigenvalue weighted by Crippen LogP contribution is 2.29. The third-order valence-corrected chi connectivity index (χ3v) is 5.62. The summed E-state index contributed by atoms with van der Waals surface area (Å²) in [5.74, 6) is 0.863. The molecule has 1 aromatic heterocycles. The van der Waals surface area contributed by atoms with Crippen LogP contribution in [-0.2, 0) is 14.8 Å². The molecule has 0 atom stereocenters. The number of likely N-dealkylation sites (tertiary alicyclic amines) is 1. The number of sulfonamides is 1. The molecule has 0 spiro atoms. The van der Waals surface area contributed by atoms with Gasteiger partial charge in [-0.15, -0.1) is 12.4 Å². The van der Waals surface area contributed by atoms with E-state index in [0.717, 1.165) is 19.3 Å². The van der Waals surface area contributed by atoms with Crippen molar-refractivity contribution in [2.24, 2.45) is 0 Å². The molecule has 3 rings (SSSR count). The number of carbonyl (C=O) groups excluding carboxylic acids is 1. The van der Waals surface area contributed by atoms with Gasteiger partial charge in [0.05, 0.1) is 17.5 Å². The number of rotatable bonds is 7. The van der Waals surface area contributed by atoms with Gasteiger partial charge in [0, 0.05) is 33.2 Å². The first kappa shape index (κ1) is 25.1. The first-order valence-corrected chi connectivity index (χ1v) is 11.6. The van der Waals surface area contributed by atoms with Crippen molar-refractivity contribution < 1.29 is 22.5 Å². The zero-order valence-electron chi connectivity index (χ0n) is 17.8. The second-order valence-corrected chi connectivity index (χ2v) is 9.15. The van der Waals surface area contributed by atoms with Crippen molar-refractivity contribution >= 4 is 34.2 Å². The number of anilines is 1. The van der Waals surface area contributed by atoms with Crippen LogP contribution in [0.25, 0.3) is 11.5 Å². The molecule has 1 N–H and O–H groups in total. The number of para-hydroxylation sites is 1. The fraction of sp³-hybridized carbons (Fsp3) is 0.526. The number of hydrogen-bond acceptors (Lipinski definition) is 8. The fourth-order valence-electron chi connectivity index (χ4n) is 3.31. The van der Waals surface area contributed by atoms with E-state index in [1.165, 1.54) is 4.90 Å². The largest absolute Gasteiger partial charge is 0.446 e. The van der Waals surface area contributed by atoms with Gasteiger partial charge in [0.25, 0.3) is 5.89 Å². The van der Waals surface area contributed by atoms with Crippen molar-refractivity contribution in [1.29, 1.82) is 0 Å². The third kappa shape index (κ3) is 7.17. The molecule has 10 nitrogen and oxygen atoms in total. The summed E-state index contributed by atoms with van der Waals surface area (Å²) in [5.41, 5.74) is 1.28. The SMILES string of the molecule is Cc1noc(-c2ccccc2N(C)C(=O)OC2CCN(CCNS(C)(=O)=O)CC2)n1.Cl. The summed E-state index contributed by atoms with van der Waals surface area (Å²) in [4.78, 5) is 20.5. The van der Waals surface area contributed by atoms with Crippen LogP contribution >= 0.6 is 12.4 Å². The molecule has 0 saturated carbocycles. The summed E-state index contributed by atoms with van der Waals surface area (Å²) in [6.45, 7) is 4.22. The molecule has 172 valence electrons. The molecule has 1 amide bonds. The minimum absolute atomic E-state index is 0. The van der Waals surface area contributed by atoms with Crippen molar-refractivity contribution in [3.05, 3.63) is 30.1 Å². The average molecular weight is 474 g/mol. The number of nitrogens with zero attached hydrogens (tertiary/aromatic N) is 4. The Morgan fingerprint density at radius 1 is 1.32 bits per heavy atom. The van der Waals surface area contributed by atoms with Crippen LogP contribution in [0.2, 0.25) is 0 Å². The van der Waals surface area contributed by atoms with Gasteiger partial charge < -0.3 is 14.2 Å². The van der Waals surface area contributed by atoms with Crippen LogP contribution < -0.4 is 9.62 Å². The molecule has 12 heteroatoms. The van der Waals surface area contributed by atoms with Crippen LogP contribution in [0.15, 0.2) is 28.8 Å². The van der Waals surface area contributed by atoms with Gasteiger partial charge in [0.2, 0.25) is 10.0 Å². The van der Waals surface area contributed by atoms with Gasteiger partial charge in [-0.25, -0.2) is 17.9 Å². The van der Waals surface area contributed by atoms with E-state index >= 15 is 0 Å². The zero-order valence-corrected chi connectivity index (χ0v) is 19.4. The second-order valence-electron chi connectivity index (χ2n) is 7.31. The lowest BCUT2D eigenvalue weighted by Gasteiger charge is -2.32. The third-order valence-electron chi connectivity index (χ3n) is 4.89. The summed E-state index contributed by atoms with van der Waals surface area (Å²) < 4.78 is 35.7. The molecule has 1 fully saturated rings. The normalized spacial score (nSPS) is 15.3. The number of ether oxygens (including phenoxy) is 1. The van der Waals surface area contributed by atoms with E-state index in [0.29, 0.717) is 48.9 Å². The first-order valence-electron chi connectivity index (χ1n) is 9.74. The minimum atomic E-state index is -3.18. The predicted molar refractivity (Wildman–Crippen MR) is 119 cm³/mol. The molecule has 31 heavy (non-hydrogen) atoms. The van der Waals surface area contributed by atoms with Crippen LogP contribution in [0.3, 0.4) is 0 Å². The van der Waals surface area contributed by atoms with Gasteiger partial charge in [0.1, 0.15) is 6.10 Å². The molecular weight excluding hydrogens is 446 g/mol. The lowest BCUT2D eigenvalue weighted by molar-refractivity contribution is 0.0562. The molecule has 1 aromatic carbocycles. The average Bonchev–Trinajstić information content (AvgIpc) is 3.14. The number of benzene rings is 1. The van der Waals surface area contributed by atoms with Crippen LogP contribution in [0.1, 0.15) is 18.7 Å². The van der Waals surface area contributed by atoms with Crippen molar-refractivity contribution in [3.63, 3.8) is 0 Å². The minimum Gasteiger partial charge on any atom is -0.446 e. The fourth-order valence-corrected chi connectivity index (χ4v) is 3.78. The summed E-state index contributed by atoms with van der Waals surface area (Å²) >= 11 is 0. The lowest BCUT2D eigenvalue weighted by atomic mass is 10.1. The number of halogens is 1. The van der Waals surface area contributed by atoms with Crippen molar-refractivity contribution in [3.8, 4) is 11.5 Å². The van der Waals surface area contributed by atoms with Crippen LogP contribution in [0.4, 0.5) is 10.5 Å². The van der Waals surface area contributed by atoms with Crippen LogP contribution in [0.5, 0.6) is 0 Å². The predicted octanol–water partition coefficient (Wildman–Crippen LogP) is 2.05. The molecule has 0 bridgehead atoms. The van der Waals surface area contributed by atoms with E-state index in [9.17, 15) is 13.2 Å². The summed E-state index contributed by atoms with van der Waals surface area (Å²) in [6, 6.07) is 7.28. The van der Waals surface area contributed by atoms with E-state index in [1.54, 1.807) is 20.0 Å².